The molecule has 3 aliphatic rings. The fourth-order valence-electron chi connectivity index (χ4n) is 6.13. The number of halogens is 2. The molecule has 11 nitrogen and oxygen atoms in total. The third-order valence-corrected chi connectivity index (χ3v) is 10.8. The summed E-state index contributed by atoms with van der Waals surface area (Å²) in [5, 5.41) is 7.39. The number of hydrogen-bond donors (Lipinski definition) is 2. The van der Waals surface area contributed by atoms with Crippen molar-refractivity contribution in [3.63, 3.8) is 0 Å². The van der Waals surface area contributed by atoms with Crippen molar-refractivity contribution in [2.45, 2.75) is 31.9 Å². The summed E-state index contributed by atoms with van der Waals surface area (Å²) in [6.45, 7) is 11.1. The minimum absolute atomic E-state index is 0.307. The molecule has 0 unspecified atom stereocenters. The van der Waals surface area contributed by atoms with Crippen LogP contribution in [0.3, 0.4) is 0 Å². The van der Waals surface area contributed by atoms with E-state index >= 15 is 0 Å². The highest BCUT2D eigenvalue weighted by Gasteiger charge is 2.35. The smallest absolute Gasteiger partial charge is 0.229 e. The Hall–Kier alpha value is -2.76. The molecule has 2 fully saturated rings. The van der Waals surface area contributed by atoms with E-state index in [-0.39, 0.29) is 0 Å². The molecule has 0 bridgehead atoms. The lowest BCUT2D eigenvalue weighted by molar-refractivity contribution is -0.0712. The molecule has 0 aliphatic carbocycles. The van der Waals surface area contributed by atoms with E-state index in [4.69, 9.17) is 30.5 Å². The Bertz CT molecular complexity index is 1600. The van der Waals surface area contributed by atoms with E-state index in [0.717, 1.165) is 55.8 Å². The highest BCUT2D eigenvalue weighted by molar-refractivity contribution is 9.10. The van der Waals surface area contributed by atoms with E-state index in [1.165, 1.54) is 6.20 Å². The second kappa shape index (κ2) is 13.5. The van der Waals surface area contributed by atoms with Gasteiger partial charge in [0.05, 0.1) is 41.8 Å². The van der Waals surface area contributed by atoms with Gasteiger partial charge in [-0.2, -0.15) is 4.98 Å². The molecule has 1 aromatic heterocycles. The normalized spacial score (nSPS) is 17.6. The lowest BCUT2D eigenvalue weighted by Gasteiger charge is -2.47. The lowest BCUT2D eigenvalue weighted by atomic mass is 9.98. The molecule has 2 aromatic carbocycles. The molecule has 6 rings (SSSR count). The van der Waals surface area contributed by atoms with Crippen LogP contribution in [-0.2, 0) is 9.30 Å². The predicted octanol–water partition coefficient (Wildman–Crippen LogP) is 6.10. The molecule has 45 heavy (non-hydrogen) atoms. The standard InChI is InChI=1S/C31H39BrClN6O5P/c1-5-42-20-17-39(18-20)19-8-10-38(11-9-19)25-15-27(41-2)24(14-21(25)32)36-31-34-16-22(33)30(37-31)35-23-6-7-26-28(44-13-12-43-26)29(23)45(3,4)40/h6-7,14-16,19-20H,5,8-13,17-18H2,1-4H3,(H2,34,35,36,37). The molecule has 0 atom stereocenters. The number of rotatable bonds is 10. The Morgan fingerprint density at radius 1 is 1.11 bits per heavy atom. The van der Waals surface area contributed by atoms with E-state index < -0.39 is 7.14 Å². The first-order chi connectivity index (χ1) is 21.6. The van der Waals surface area contributed by atoms with Crippen LogP contribution < -0.4 is 35.0 Å². The highest BCUT2D eigenvalue weighted by atomic mass is 79.9. The molecule has 2 N–H and O–H groups in total. The van der Waals surface area contributed by atoms with Crippen molar-refractivity contribution in [2.24, 2.45) is 0 Å². The molecular weight excluding hydrogens is 683 g/mol. The highest BCUT2D eigenvalue weighted by Crippen LogP contribution is 2.47. The number of methoxy groups -OCH3 is 1. The molecule has 0 radical (unpaired) electrons. The van der Waals surface area contributed by atoms with Gasteiger partial charge in [-0.15, -0.1) is 0 Å². The average Bonchev–Trinajstić information content (AvgIpc) is 3.00. The second-order valence-corrected chi connectivity index (χ2v) is 16.1. The summed E-state index contributed by atoms with van der Waals surface area (Å²) in [5.41, 5.74) is 2.36. The number of anilines is 5. The summed E-state index contributed by atoms with van der Waals surface area (Å²) >= 11 is 10.3. The van der Waals surface area contributed by atoms with Gasteiger partial charge in [0.15, 0.2) is 17.3 Å². The third kappa shape index (κ3) is 7.00. The predicted molar refractivity (Wildman–Crippen MR) is 183 cm³/mol. The Morgan fingerprint density at radius 2 is 1.87 bits per heavy atom. The summed E-state index contributed by atoms with van der Waals surface area (Å²) in [4.78, 5) is 14.0. The van der Waals surface area contributed by atoms with Crippen LogP contribution in [0.4, 0.5) is 28.8 Å². The third-order valence-electron chi connectivity index (χ3n) is 8.33. The average molecular weight is 722 g/mol. The van der Waals surface area contributed by atoms with Crippen molar-refractivity contribution >= 4 is 68.8 Å². The molecule has 3 aliphatic heterocycles. The lowest BCUT2D eigenvalue weighted by Crippen LogP contribution is -2.58. The molecule has 4 heterocycles. The first kappa shape index (κ1) is 32.2. The number of fused-ring (bicyclic) bond motifs is 1. The van der Waals surface area contributed by atoms with Gasteiger partial charge in [-0.25, -0.2) is 4.98 Å². The van der Waals surface area contributed by atoms with E-state index in [1.807, 2.05) is 12.1 Å². The van der Waals surface area contributed by atoms with Crippen molar-refractivity contribution < 1.29 is 23.5 Å². The maximum absolute atomic E-state index is 13.4. The largest absolute Gasteiger partial charge is 0.494 e. The zero-order valence-corrected chi connectivity index (χ0v) is 29.2. The van der Waals surface area contributed by atoms with Crippen LogP contribution in [0.25, 0.3) is 0 Å². The van der Waals surface area contributed by atoms with Crippen LogP contribution in [0, 0.1) is 0 Å². The maximum Gasteiger partial charge on any atom is 0.229 e. The number of aromatic nitrogens is 2. The van der Waals surface area contributed by atoms with Gasteiger partial charge in [-0.1, -0.05) is 11.6 Å². The Labute approximate surface area is 277 Å². The zero-order chi connectivity index (χ0) is 31.7. The van der Waals surface area contributed by atoms with Gasteiger partial charge < -0.3 is 39.0 Å². The molecular formula is C31H39BrClN6O5P. The summed E-state index contributed by atoms with van der Waals surface area (Å²) in [6, 6.07) is 8.22. The number of benzene rings is 2. The van der Waals surface area contributed by atoms with Crippen LogP contribution in [-0.4, -0.2) is 93.5 Å². The summed E-state index contributed by atoms with van der Waals surface area (Å²) < 4.78 is 37.4. The molecule has 0 spiro atoms. The number of ether oxygens (including phenoxy) is 4. The summed E-state index contributed by atoms with van der Waals surface area (Å²) in [5.74, 6) is 2.39. The minimum Gasteiger partial charge on any atom is -0.494 e. The van der Waals surface area contributed by atoms with Crippen molar-refractivity contribution in [1.82, 2.24) is 14.9 Å². The first-order valence-electron chi connectivity index (χ1n) is 15.2. The number of nitrogens with zero attached hydrogens (tertiary/aromatic N) is 4. The first-order valence-corrected chi connectivity index (χ1v) is 18.9. The fourth-order valence-corrected chi connectivity index (χ4v) is 8.24. The van der Waals surface area contributed by atoms with Crippen LogP contribution in [0.15, 0.2) is 34.9 Å². The number of piperidine rings is 1. The quantitative estimate of drug-likeness (QED) is 0.237. The Morgan fingerprint density at radius 3 is 2.58 bits per heavy atom. The van der Waals surface area contributed by atoms with Crippen molar-refractivity contribution in [3.05, 3.63) is 40.0 Å². The molecule has 0 amide bonds. The van der Waals surface area contributed by atoms with Gasteiger partial charge in [0, 0.05) is 49.4 Å². The number of nitrogens with one attached hydrogen (secondary N) is 2. The molecule has 3 aromatic rings. The van der Waals surface area contributed by atoms with Crippen molar-refractivity contribution in [3.8, 4) is 17.2 Å². The second-order valence-electron chi connectivity index (χ2n) is 11.7. The molecule has 242 valence electrons. The van der Waals surface area contributed by atoms with Crippen molar-refractivity contribution in [2.75, 3.05) is 82.0 Å². The van der Waals surface area contributed by atoms with Gasteiger partial charge in [0.1, 0.15) is 31.1 Å². The molecule has 0 saturated carbocycles. The maximum atomic E-state index is 13.4. The van der Waals surface area contributed by atoms with Gasteiger partial charge in [-0.3, -0.25) is 4.90 Å². The van der Waals surface area contributed by atoms with Crippen LogP contribution in [0.2, 0.25) is 5.02 Å². The number of hydrogen-bond acceptors (Lipinski definition) is 11. The zero-order valence-electron chi connectivity index (χ0n) is 25.9. The van der Waals surface area contributed by atoms with E-state index in [1.54, 1.807) is 32.6 Å². The number of likely N-dealkylation sites (tertiary alicyclic amines) is 1. The van der Waals surface area contributed by atoms with Gasteiger partial charge in [0.2, 0.25) is 5.95 Å². The Balaban J connectivity index is 1.18. The van der Waals surface area contributed by atoms with Crippen LogP contribution in [0.5, 0.6) is 17.2 Å². The molecule has 14 heteroatoms. The van der Waals surface area contributed by atoms with E-state index in [9.17, 15) is 4.57 Å². The Kier molecular flexibility index (Phi) is 9.68. The molecule has 2 saturated heterocycles. The minimum atomic E-state index is -2.78. The van der Waals surface area contributed by atoms with E-state index in [2.05, 4.69) is 53.3 Å². The summed E-state index contributed by atoms with van der Waals surface area (Å²) in [6.07, 6.45) is 4.13. The topological polar surface area (TPSA) is 110 Å². The van der Waals surface area contributed by atoms with E-state index in [0.29, 0.717) is 76.1 Å². The fraction of sp³-hybridized carbons (Fsp3) is 0.484. The summed E-state index contributed by atoms with van der Waals surface area (Å²) in [7, 11) is -1.13. The monoisotopic (exact) mass is 720 g/mol. The van der Waals surface area contributed by atoms with Gasteiger partial charge in [-0.05, 0) is 67.2 Å². The van der Waals surface area contributed by atoms with Gasteiger partial charge >= 0.3 is 0 Å². The van der Waals surface area contributed by atoms with Gasteiger partial charge in [0.25, 0.3) is 0 Å². The SMILES string of the molecule is CCOC1CN(C2CCN(c3cc(OC)c(Nc4ncc(Cl)c(Nc5ccc6c(c5P(C)(C)=O)OCCO6)n4)cc3Br)CC2)C1. The van der Waals surface area contributed by atoms with Crippen LogP contribution in [0.1, 0.15) is 19.8 Å². The van der Waals surface area contributed by atoms with Crippen LogP contribution >= 0.6 is 34.7 Å². The van der Waals surface area contributed by atoms with Crippen molar-refractivity contribution in [1.29, 1.82) is 0 Å².